The molecule has 0 fully saturated rings. The van der Waals surface area contributed by atoms with Crippen molar-refractivity contribution in [3.63, 3.8) is 0 Å². The summed E-state index contributed by atoms with van der Waals surface area (Å²) in [5.74, 6) is 0.686. The molecule has 0 atom stereocenters. The Morgan fingerprint density at radius 3 is 1.49 bits per heavy atom. The number of aromatic nitrogens is 4. The normalized spacial score (nSPS) is 11.3. The van der Waals surface area contributed by atoms with Crippen molar-refractivity contribution in [2.75, 3.05) is 0 Å². The summed E-state index contributed by atoms with van der Waals surface area (Å²) >= 11 is 0. The summed E-state index contributed by atoms with van der Waals surface area (Å²) < 4.78 is 2.11. The molecule has 0 saturated carbocycles. The predicted molar refractivity (Wildman–Crippen MR) is 227 cm³/mol. The summed E-state index contributed by atoms with van der Waals surface area (Å²) in [7, 11) is 0. The number of para-hydroxylation sites is 1. The van der Waals surface area contributed by atoms with Crippen LogP contribution in [0.3, 0.4) is 0 Å². The van der Waals surface area contributed by atoms with Gasteiger partial charge in [-0.1, -0.05) is 176 Å². The fourth-order valence-electron chi connectivity index (χ4n) is 7.53. The average molecular weight is 703 g/mol. The first-order chi connectivity index (χ1) is 27.3. The van der Waals surface area contributed by atoms with Gasteiger partial charge in [-0.05, 0) is 58.0 Å². The molecule has 8 aromatic carbocycles. The molecule has 10 rings (SSSR count). The third-order valence-corrected chi connectivity index (χ3v) is 10.2. The van der Waals surface area contributed by atoms with Gasteiger partial charge >= 0.3 is 0 Å². The van der Waals surface area contributed by atoms with E-state index >= 15 is 0 Å². The summed E-state index contributed by atoms with van der Waals surface area (Å²) in [6.45, 7) is 0. The predicted octanol–water partition coefficient (Wildman–Crippen LogP) is 13.0. The van der Waals surface area contributed by atoms with E-state index in [4.69, 9.17) is 15.1 Å². The topological polar surface area (TPSA) is 43.6 Å². The van der Waals surface area contributed by atoms with E-state index < -0.39 is 0 Å². The van der Waals surface area contributed by atoms with E-state index in [9.17, 15) is 0 Å². The lowest BCUT2D eigenvalue weighted by Gasteiger charge is -2.13. The van der Waals surface area contributed by atoms with E-state index in [-0.39, 0.29) is 0 Å². The second-order valence-electron chi connectivity index (χ2n) is 13.7. The van der Waals surface area contributed by atoms with Crippen molar-refractivity contribution in [2.45, 2.75) is 0 Å². The zero-order valence-corrected chi connectivity index (χ0v) is 29.9. The molecule has 0 amide bonds. The Morgan fingerprint density at radius 1 is 0.364 bits per heavy atom. The Labute approximate surface area is 319 Å². The first-order valence-corrected chi connectivity index (χ1v) is 18.5. The van der Waals surface area contributed by atoms with E-state index in [0.717, 1.165) is 83.4 Å². The fourth-order valence-corrected chi connectivity index (χ4v) is 7.53. The highest BCUT2D eigenvalue weighted by atomic mass is 15.3. The highest BCUT2D eigenvalue weighted by molar-refractivity contribution is 6.17. The van der Waals surface area contributed by atoms with Gasteiger partial charge in [-0.15, -0.1) is 0 Å². The first-order valence-electron chi connectivity index (χ1n) is 18.5. The second-order valence-corrected chi connectivity index (χ2v) is 13.7. The molecule has 0 aliphatic rings. The lowest BCUT2D eigenvalue weighted by Crippen LogP contribution is -1.97. The highest BCUT2D eigenvalue weighted by Gasteiger charge is 2.22. The van der Waals surface area contributed by atoms with Crippen LogP contribution in [-0.4, -0.2) is 19.7 Å². The monoisotopic (exact) mass is 702 g/mol. The van der Waals surface area contributed by atoms with Crippen LogP contribution < -0.4 is 0 Å². The van der Waals surface area contributed by atoms with Gasteiger partial charge in [0, 0.05) is 33.0 Å². The van der Waals surface area contributed by atoms with E-state index in [0.29, 0.717) is 5.82 Å². The number of benzene rings is 8. The summed E-state index contributed by atoms with van der Waals surface area (Å²) in [6, 6.07) is 72.0. The molecule has 0 radical (unpaired) electrons. The van der Waals surface area contributed by atoms with Crippen molar-refractivity contribution >= 4 is 21.7 Å². The van der Waals surface area contributed by atoms with Crippen LogP contribution in [0.5, 0.6) is 0 Å². The highest BCUT2D eigenvalue weighted by Crippen LogP contribution is 2.42. The number of rotatable bonds is 7. The maximum atomic E-state index is 5.36. The van der Waals surface area contributed by atoms with Gasteiger partial charge in [0.15, 0.2) is 5.82 Å². The number of fused-ring (bicyclic) bond motifs is 3. The van der Waals surface area contributed by atoms with Crippen molar-refractivity contribution in [3.05, 3.63) is 206 Å². The van der Waals surface area contributed by atoms with E-state index in [1.807, 2.05) is 18.2 Å². The smallest absolute Gasteiger partial charge is 0.160 e. The summed E-state index contributed by atoms with van der Waals surface area (Å²) in [5.41, 5.74) is 13.5. The van der Waals surface area contributed by atoms with Crippen molar-refractivity contribution < 1.29 is 0 Å². The van der Waals surface area contributed by atoms with Crippen LogP contribution in [-0.2, 0) is 0 Å². The van der Waals surface area contributed by atoms with Gasteiger partial charge in [-0.2, -0.15) is 5.10 Å². The lowest BCUT2D eigenvalue weighted by atomic mass is 9.92. The summed E-state index contributed by atoms with van der Waals surface area (Å²) in [5, 5.41) is 8.70. The zero-order valence-electron chi connectivity index (χ0n) is 29.9. The average Bonchev–Trinajstić information content (AvgIpc) is 3.68. The molecule has 0 saturated heterocycles. The molecule has 55 heavy (non-hydrogen) atoms. The molecule has 0 N–H and O–H groups in total. The summed E-state index contributed by atoms with van der Waals surface area (Å²) in [4.78, 5) is 10.3. The van der Waals surface area contributed by atoms with E-state index in [1.54, 1.807) is 0 Å². The van der Waals surface area contributed by atoms with Gasteiger partial charge in [0.25, 0.3) is 0 Å². The van der Waals surface area contributed by atoms with Gasteiger partial charge in [0.05, 0.1) is 22.6 Å². The molecular formula is C51H34N4. The zero-order chi connectivity index (χ0) is 36.6. The maximum Gasteiger partial charge on any atom is 0.160 e. The first kappa shape index (κ1) is 32.2. The summed E-state index contributed by atoms with van der Waals surface area (Å²) in [6.07, 6.45) is 0. The number of hydrogen-bond donors (Lipinski definition) is 0. The van der Waals surface area contributed by atoms with Crippen LogP contribution in [0.25, 0.3) is 94.8 Å². The van der Waals surface area contributed by atoms with Crippen molar-refractivity contribution in [3.8, 4) is 73.1 Å². The van der Waals surface area contributed by atoms with Crippen molar-refractivity contribution in [1.29, 1.82) is 0 Å². The largest absolute Gasteiger partial charge is 0.232 e. The Hall–Kier alpha value is -7.43. The van der Waals surface area contributed by atoms with Crippen LogP contribution in [0, 0.1) is 0 Å². The van der Waals surface area contributed by atoms with Crippen LogP contribution in [0.2, 0.25) is 0 Å². The maximum absolute atomic E-state index is 5.36. The molecule has 0 spiro atoms. The molecule has 4 heteroatoms. The standard InChI is InChI=1S/C51H34N4/c1-6-16-35(17-7-1)36-26-28-40(29-27-36)51-52-46(38-20-10-3-11-21-38)34-47(53-51)41-30-31-44-42(32-41)33-45(37-18-8-2-9-19-37)48-49(39-22-12-4-13-23-39)54-55(50(44)48)43-24-14-5-15-25-43/h1-34H. The Bertz CT molecular complexity index is 2920. The SMILES string of the molecule is c1ccc(-c2ccc(-c3nc(-c4ccccc4)cc(-c4ccc5c(c4)cc(-c4ccccc4)c4c(-c6ccccc6)nn(-c6ccccc6)c45)n3)cc2)cc1. The van der Waals surface area contributed by atoms with Crippen LogP contribution >= 0.6 is 0 Å². The number of nitrogens with zero attached hydrogens (tertiary/aromatic N) is 4. The lowest BCUT2D eigenvalue weighted by molar-refractivity contribution is 0.918. The van der Waals surface area contributed by atoms with Gasteiger partial charge in [0.2, 0.25) is 0 Å². The van der Waals surface area contributed by atoms with Crippen molar-refractivity contribution in [1.82, 2.24) is 19.7 Å². The molecule has 258 valence electrons. The van der Waals surface area contributed by atoms with E-state index in [2.05, 4.69) is 193 Å². The Kier molecular flexibility index (Phi) is 8.12. The Balaban J connectivity index is 1.20. The molecule has 10 aromatic rings. The van der Waals surface area contributed by atoms with Crippen LogP contribution in [0.15, 0.2) is 206 Å². The van der Waals surface area contributed by atoms with Gasteiger partial charge < -0.3 is 0 Å². The Morgan fingerprint density at radius 2 is 0.855 bits per heavy atom. The molecule has 0 bridgehead atoms. The molecule has 2 heterocycles. The third-order valence-electron chi connectivity index (χ3n) is 10.2. The van der Waals surface area contributed by atoms with Gasteiger partial charge in [0.1, 0.15) is 5.69 Å². The van der Waals surface area contributed by atoms with Gasteiger partial charge in [-0.3, -0.25) is 0 Å². The van der Waals surface area contributed by atoms with E-state index in [1.165, 1.54) is 5.56 Å². The fraction of sp³-hybridized carbons (Fsp3) is 0. The molecule has 0 aliphatic carbocycles. The van der Waals surface area contributed by atoms with Gasteiger partial charge in [-0.25, -0.2) is 14.6 Å². The number of hydrogen-bond acceptors (Lipinski definition) is 3. The minimum atomic E-state index is 0.686. The van der Waals surface area contributed by atoms with Crippen LogP contribution in [0.4, 0.5) is 0 Å². The van der Waals surface area contributed by atoms with Crippen LogP contribution in [0.1, 0.15) is 0 Å². The van der Waals surface area contributed by atoms with Crippen molar-refractivity contribution in [2.24, 2.45) is 0 Å². The molecule has 4 nitrogen and oxygen atoms in total. The second kappa shape index (κ2) is 13.8. The molecule has 0 aliphatic heterocycles. The molecule has 2 aromatic heterocycles. The minimum Gasteiger partial charge on any atom is -0.232 e. The molecular weight excluding hydrogens is 669 g/mol. The minimum absolute atomic E-state index is 0.686. The molecule has 0 unspecified atom stereocenters. The third kappa shape index (κ3) is 6.06. The quantitative estimate of drug-likeness (QED) is 0.166.